The van der Waals surface area contributed by atoms with Crippen molar-refractivity contribution in [3.8, 4) is 0 Å². The van der Waals surface area contributed by atoms with Crippen LogP contribution in [-0.2, 0) is 4.74 Å². The third kappa shape index (κ3) is 2.31. The van der Waals surface area contributed by atoms with Crippen LogP contribution >= 0.6 is 0 Å². The molecule has 0 aliphatic carbocycles. The molecule has 1 fully saturated rings. The first-order valence-electron chi connectivity index (χ1n) is 5.39. The first-order chi connectivity index (χ1) is 8.11. The Kier molecular flexibility index (Phi) is 3.14. The Hall–Kier alpha value is -1.82. The van der Waals surface area contributed by atoms with Gasteiger partial charge in [-0.2, -0.15) is 0 Å². The molecule has 1 saturated heterocycles. The summed E-state index contributed by atoms with van der Waals surface area (Å²) in [5.41, 5.74) is 6.53. The van der Waals surface area contributed by atoms with Crippen LogP contribution in [-0.4, -0.2) is 42.4 Å². The zero-order valence-corrected chi connectivity index (χ0v) is 9.59. The molecule has 1 unspecified atom stereocenters. The van der Waals surface area contributed by atoms with Crippen LogP contribution in [0.2, 0.25) is 0 Å². The minimum Gasteiger partial charge on any atom is -0.464 e. The summed E-state index contributed by atoms with van der Waals surface area (Å²) in [7, 11) is 1.31. The lowest BCUT2D eigenvalue weighted by atomic mass is 10.3. The highest BCUT2D eigenvalue weighted by Crippen LogP contribution is 2.24. The van der Waals surface area contributed by atoms with Gasteiger partial charge in [-0.1, -0.05) is 0 Å². The Balaban J connectivity index is 2.29. The fourth-order valence-electron chi connectivity index (χ4n) is 1.86. The van der Waals surface area contributed by atoms with Gasteiger partial charge in [-0.3, -0.25) is 0 Å². The van der Waals surface area contributed by atoms with Crippen molar-refractivity contribution in [3.63, 3.8) is 0 Å². The van der Waals surface area contributed by atoms with Crippen molar-refractivity contribution in [2.45, 2.75) is 12.5 Å². The molecule has 1 aliphatic rings. The molecular formula is C11H15N3O3. The third-order valence-corrected chi connectivity index (χ3v) is 2.76. The molecule has 6 heteroatoms. The van der Waals surface area contributed by atoms with Gasteiger partial charge in [0.2, 0.25) is 0 Å². The minimum atomic E-state index is -0.494. The monoisotopic (exact) mass is 237 g/mol. The fraction of sp³-hybridized carbons (Fsp3) is 0.455. The molecular weight excluding hydrogens is 222 g/mol. The number of hydrogen-bond donors (Lipinski definition) is 2. The number of aromatic nitrogens is 1. The summed E-state index contributed by atoms with van der Waals surface area (Å²) in [6, 6.07) is 3.15. The number of ether oxygens (including phenoxy) is 1. The van der Waals surface area contributed by atoms with Gasteiger partial charge < -0.3 is 20.5 Å². The van der Waals surface area contributed by atoms with Crippen molar-refractivity contribution in [2.75, 3.05) is 30.8 Å². The van der Waals surface area contributed by atoms with Crippen molar-refractivity contribution in [3.05, 3.63) is 17.8 Å². The van der Waals surface area contributed by atoms with Gasteiger partial charge in [0.15, 0.2) is 11.5 Å². The lowest BCUT2D eigenvalue weighted by Gasteiger charge is -2.18. The molecule has 6 nitrogen and oxygen atoms in total. The number of carbonyl (C=O) groups is 1. The normalized spacial score (nSPS) is 19.4. The molecule has 1 atom stereocenters. The third-order valence-electron chi connectivity index (χ3n) is 2.76. The summed E-state index contributed by atoms with van der Waals surface area (Å²) in [5.74, 6) is 0.0374. The maximum Gasteiger partial charge on any atom is 0.356 e. The number of rotatable bonds is 2. The number of aliphatic hydroxyl groups is 1. The van der Waals surface area contributed by atoms with Gasteiger partial charge in [0.1, 0.15) is 0 Å². The number of nitrogens with zero attached hydrogens (tertiary/aromatic N) is 2. The lowest BCUT2D eigenvalue weighted by Crippen LogP contribution is -2.24. The minimum absolute atomic E-state index is 0.220. The smallest absolute Gasteiger partial charge is 0.356 e. The highest BCUT2D eigenvalue weighted by atomic mass is 16.5. The number of hydrogen-bond acceptors (Lipinski definition) is 6. The van der Waals surface area contributed by atoms with E-state index in [0.29, 0.717) is 31.0 Å². The number of anilines is 2. The predicted molar refractivity (Wildman–Crippen MR) is 62.8 cm³/mol. The maximum absolute atomic E-state index is 11.4. The van der Waals surface area contributed by atoms with E-state index in [1.165, 1.54) is 13.2 Å². The van der Waals surface area contributed by atoms with Crippen LogP contribution in [0.4, 0.5) is 11.5 Å². The molecule has 1 aliphatic heterocycles. The maximum atomic E-state index is 11.4. The second kappa shape index (κ2) is 4.58. The number of nitrogen functional groups attached to an aromatic ring is 1. The van der Waals surface area contributed by atoms with E-state index < -0.39 is 5.97 Å². The second-order valence-corrected chi connectivity index (χ2v) is 3.99. The first kappa shape index (κ1) is 11.7. The van der Waals surface area contributed by atoms with E-state index in [1.807, 2.05) is 4.90 Å². The van der Waals surface area contributed by atoms with Crippen LogP contribution in [0, 0.1) is 0 Å². The standard InChI is InChI=1S/C11H15N3O3/c1-17-11(16)9-3-2-8(12)10(13-9)14-5-4-7(15)6-14/h2-3,7,15H,4-6,12H2,1H3. The second-order valence-electron chi connectivity index (χ2n) is 3.99. The zero-order valence-electron chi connectivity index (χ0n) is 9.59. The topological polar surface area (TPSA) is 88.7 Å². The van der Waals surface area contributed by atoms with Gasteiger partial charge in [0, 0.05) is 13.1 Å². The first-order valence-corrected chi connectivity index (χ1v) is 5.39. The molecule has 17 heavy (non-hydrogen) atoms. The van der Waals surface area contributed by atoms with E-state index >= 15 is 0 Å². The van der Waals surface area contributed by atoms with Crippen LogP contribution in [0.3, 0.4) is 0 Å². The molecule has 0 saturated carbocycles. The van der Waals surface area contributed by atoms with E-state index in [9.17, 15) is 9.90 Å². The van der Waals surface area contributed by atoms with Crippen molar-refractivity contribution < 1.29 is 14.6 Å². The molecule has 1 aromatic heterocycles. The molecule has 0 radical (unpaired) electrons. The Morgan fingerprint density at radius 1 is 1.65 bits per heavy atom. The Morgan fingerprint density at radius 2 is 2.41 bits per heavy atom. The average Bonchev–Trinajstić information content (AvgIpc) is 2.75. The molecule has 1 aromatic rings. The van der Waals surface area contributed by atoms with Crippen molar-refractivity contribution in [1.82, 2.24) is 4.98 Å². The number of aliphatic hydroxyl groups excluding tert-OH is 1. The van der Waals surface area contributed by atoms with E-state index in [2.05, 4.69) is 9.72 Å². The number of nitrogens with two attached hydrogens (primary N) is 1. The van der Waals surface area contributed by atoms with Crippen LogP contribution in [0.25, 0.3) is 0 Å². The van der Waals surface area contributed by atoms with E-state index in [1.54, 1.807) is 6.07 Å². The van der Waals surface area contributed by atoms with Gasteiger partial charge in [0.25, 0.3) is 0 Å². The number of carbonyl (C=O) groups excluding carboxylic acids is 1. The number of β-amino-alcohol motifs (C(OH)–C–C–N with tert-alkyl or cyclic N) is 1. The molecule has 0 bridgehead atoms. The Bertz CT molecular complexity index is 436. The Morgan fingerprint density at radius 3 is 3.00 bits per heavy atom. The van der Waals surface area contributed by atoms with Gasteiger partial charge in [-0.25, -0.2) is 9.78 Å². The summed E-state index contributed by atoms with van der Waals surface area (Å²) < 4.78 is 4.60. The van der Waals surface area contributed by atoms with Crippen molar-refractivity contribution in [2.24, 2.45) is 0 Å². The molecule has 2 heterocycles. The van der Waals surface area contributed by atoms with Gasteiger partial charge in [0.05, 0.1) is 18.9 Å². The van der Waals surface area contributed by atoms with E-state index in [-0.39, 0.29) is 11.8 Å². The molecule has 0 aromatic carbocycles. The van der Waals surface area contributed by atoms with Crippen LogP contribution in [0.1, 0.15) is 16.9 Å². The Labute approximate surface area is 99.0 Å². The number of methoxy groups -OCH3 is 1. The summed E-state index contributed by atoms with van der Waals surface area (Å²) >= 11 is 0. The molecule has 2 rings (SSSR count). The van der Waals surface area contributed by atoms with Gasteiger partial charge >= 0.3 is 5.97 Å². The molecule has 92 valence electrons. The van der Waals surface area contributed by atoms with Crippen molar-refractivity contribution >= 4 is 17.5 Å². The molecule has 0 spiro atoms. The summed E-state index contributed by atoms with van der Waals surface area (Å²) in [4.78, 5) is 17.4. The zero-order chi connectivity index (χ0) is 12.4. The number of esters is 1. The fourth-order valence-corrected chi connectivity index (χ4v) is 1.86. The SMILES string of the molecule is COC(=O)c1ccc(N)c(N2CCC(O)C2)n1. The molecule has 3 N–H and O–H groups in total. The lowest BCUT2D eigenvalue weighted by molar-refractivity contribution is 0.0594. The summed E-state index contributed by atoms with van der Waals surface area (Å²) in [6.45, 7) is 1.17. The van der Waals surface area contributed by atoms with Gasteiger partial charge in [-0.15, -0.1) is 0 Å². The van der Waals surface area contributed by atoms with Gasteiger partial charge in [-0.05, 0) is 18.6 Å². The van der Waals surface area contributed by atoms with Crippen LogP contribution in [0.15, 0.2) is 12.1 Å². The van der Waals surface area contributed by atoms with E-state index in [4.69, 9.17) is 5.73 Å². The molecule has 0 amide bonds. The van der Waals surface area contributed by atoms with Crippen LogP contribution in [0.5, 0.6) is 0 Å². The predicted octanol–water partition coefficient (Wildman–Crippen LogP) is 0.0214. The van der Waals surface area contributed by atoms with E-state index in [0.717, 1.165) is 0 Å². The highest BCUT2D eigenvalue weighted by Gasteiger charge is 2.24. The number of pyridine rings is 1. The summed E-state index contributed by atoms with van der Waals surface area (Å²) in [6.07, 6.45) is 0.321. The van der Waals surface area contributed by atoms with Crippen LogP contribution < -0.4 is 10.6 Å². The summed E-state index contributed by atoms with van der Waals surface area (Å²) in [5, 5.41) is 9.47. The highest BCUT2D eigenvalue weighted by molar-refractivity contribution is 5.88. The largest absolute Gasteiger partial charge is 0.464 e. The van der Waals surface area contributed by atoms with Crippen molar-refractivity contribution in [1.29, 1.82) is 0 Å². The quantitative estimate of drug-likeness (QED) is 0.705. The average molecular weight is 237 g/mol.